The molecule has 1 heterocycles. The summed E-state index contributed by atoms with van der Waals surface area (Å²) in [4.78, 5) is 21.7. The second kappa shape index (κ2) is 5.41. The minimum Gasteiger partial charge on any atom is -0.444 e. The number of anilines is 1. The van der Waals surface area contributed by atoms with Crippen molar-refractivity contribution >= 4 is 44.8 Å². The van der Waals surface area contributed by atoms with Gasteiger partial charge in [0.05, 0.1) is 4.92 Å². The van der Waals surface area contributed by atoms with E-state index in [1.165, 1.54) is 24.3 Å². The maximum absolute atomic E-state index is 11.8. The SMILES string of the molecule is O=C(Nc1ccc([N+](=O)[O-])c(Cl)c1)c1ccc(Br)o1. The molecule has 0 saturated heterocycles. The van der Waals surface area contributed by atoms with Gasteiger partial charge in [0.15, 0.2) is 10.4 Å². The Balaban J connectivity index is 2.18. The van der Waals surface area contributed by atoms with Gasteiger partial charge in [0, 0.05) is 11.8 Å². The highest BCUT2D eigenvalue weighted by atomic mass is 79.9. The summed E-state index contributed by atoms with van der Waals surface area (Å²) in [6.45, 7) is 0. The normalized spacial score (nSPS) is 10.2. The first-order chi connectivity index (χ1) is 8.97. The van der Waals surface area contributed by atoms with E-state index in [0.29, 0.717) is 10.4 Å². The fourth-order valence-corrected chi connectivity index (χ4v) is 1.92. The summed E-state index contributed by atoms with van der Waals surface area (Å²) in [6, 6.07) is 6.98. The Labute approximate surface area is 120 Å². The molecule has 1 N–H and O–H groups in total. The molecule has 0 saturated carbocycles. The van der Waals surface area contributed by atoms with Crippen molar-refractivity contribution in [3.8, 4) is 0 Å². The summed E-state index contributed by atoms with van der Waals surface area (Å²) in [5.74, 6) is -0.364. The maximum atomic E-state index is 11.8. The molecule has 19 heavy (non-hydrogen) atoms. The molecule has 0 fully saturated rings. The summed E-state index contributed by atoms with van der Waals surface area (Å²) >= 11 is 8.81. The number of hydrogen-bond acceptors (Lipinski definition) is 4. The van der Waals surface area contributed by atoms with Crippen molar-refractivity contribution in [2.75, 3.05) is 5.32 Å². The first kappa shape index (κ1) is 13.6. The lowest BCUT2D eigenvalue weighted by atomic mass is 10.2. The predicted octanol–water partition coefficient (Wildman–Crippen LogP) is 3.86. The number of nitrogens with one attached hydrogen (secondary N) is 1. The van der Waals surface area contributed by atoms with Gasteiger partial charge in [0.25, 0.3) is 11.6 Å². The maximum Gasteiger partial charge on any atom is 0.291 e. The van der Waals surface area contributed by atoms with Crippen LogP contribution in [0.4, 0.5) is 11.4 Å². The molecule has 0 aliphatic heterocycles. The van der Waals surface area contributed by atoms with Crippen molar-refractivity contribution in [3.63, 3.8) is 0 Å². The minimum absolute atomic E-state index is 0.0524. The van der Waals surface area contributed by atoms with Gasteiger partial charge >= 0.3 is 0 Å². The molecule has 98 valence electrons. The molecule has 0 aliphatic carbocycles. The highest BCUT2D eigenvalue weighted by Crippen LogP contribution is 2.27. The van der Waals surface area contributed by atoms with Gasteiger partial charge in [-0.25, -0.2) is 0 Å². The van der Waals surface area contributed by atoms with Crippen molar-refractivity contribution in [3.05, 3.63) is 55.9 Å². The monoisotopic (exact) mass is 344 g/mol. The number of rotatable bonds is 3. The molecule has 2 rings (SSSR count). The molecule has 2 aromatic rings. The molecule has 1 aromatic heterocycles. The Hall–Kier alpha value is -1.86. The zero-order chi connectivity index (χ0) is 14.0. The largest absolute Gasteiger partial charge is 0.444 e. The van der Waals surface area contributed by atoms with Gasteiger partial charge < -0.3 is 9.73 Å². The number of amides is 1. The van der Waals surface area contributed by atoms with Crippen molar-refractivity contribution in [1.29, 1.82) is 0 Å². The lowest BCUT2D eigenvalue weighted by molar-refractivity contribution is -0.384. The van der Waals surface area contributed by atoms with Crippen LogP contribution < -0.4 is 5.32 Å². The van der Waals surface area contributed by atoms with Crippen LogP contribution in [0.2, 0.25) is 5.02 Å². The van der Waals surface area contributed by atoms with E-state index in [9.17, 15) is 14.9 Å². The van der Waals surface area contributed by atoms with Crippen molar-refractivity contribution in [2.45, 2.75) is 0 Å². The number of hydrogen-bond donors (Lipinski definition) is 1. The van der Waals surface area contributed by atoms with Crippen molar-refractivity contribution < 1.29 is 14.1 Å². The molecular weight excluding hydrogens is 339 g/mol. The molecule has 1 aromatic carbocycles. The van der Waals surface area contributed by atoms with Crippen LogP contribution >= 0.6 is 27.5 Å². The fourth-order valence-electron chi connectivity index (χ4n) is 1.36. The van der Waals surface area contributed by atoms with E-state index in [0.717, 1.165) is 0 Å². The van der Waals surface area contributed by atoms with E-state index in [-0.39, 0.29) is 16.5 Å². The van der Waals surface area contributed by atoms with Crippen LogP contribution in [0.15, 0.2) is 39.4 Å². The quantitative estimate of drug-likeness (QED) is 0.676. The van der Waals surface area contributed by atoms with Crippen molar-refractivity contribution in [2.24, 2.45) is 0 Å². The van der Waals surface area contributed by atoms with Crippen LogP contribution in [0, 0.1) is 10.1 Å². The summed E-state index contributed by atoms with van der Waals surface area (Å²) in [5, 5.41) is 13.1. The smallest absolute Gasteiger partial charge is 0.291 e. The summed E-state index contributed by atoms with van der Waals surface area (Å²) in [5.41, 5.74) is 0.119. The number of carbonyl (C=O) groups excluding carboxylic acids is 1. The minimum atomic E-state index is -0.600. The second-order valence-electron chi connectivity index (χ2n) is 3.48. The van der Waals surface area contributed by atoms with Crippen LogP contribution in [0.1, 0.15) is 10.6 Å². The van der Waals surface area contributed by atoms with Crippen LogP contribution in [0.5, 0.6) is 0 Å². The second-order valence-corrected chi connectivity index (χ2v) is 4.67. The molecule has 0 atom stereocenters. The third-order valence-corrected chi connectivity index (χ3v) is 2.93. The van der Waals surface area contributed by atoms with Gasteiger partial charge in [-0.1, -0.05) is 11.6 Å². The van der Waals surface area contributed by atoms with Crippen LogP contribution in [-0.2, 0) is 0 Å². The molecule has 0 spiro atoms. The van der Waals surface area contributed by atoms with Crippen LogP contribution in [-0.4, -0.2) is 10.8 Å². The first-order valence-corrected chi connectivity index (χ1v) is 6.15. The summed E-state index contributed by atoms with van der Waals surface area (Å²) in [6.07, 6.45) is 0. The third-order valence-electron chi connectivity index (χ3n) is 2.20. The van der Waals surface area contributed by atoms with Crippen molar-refractivity contribution in [1.82, 2.24) is 0 Å². The van der Waals surface area contributed by atoms with Crippen LogP contribution in [0.3, 0.4) is 0 Å². The van der Waals surface area contributed by atoms with Crippen LogP contribution in [0.25, 0.3) is 0 Å². The number of benzene rings is 1. The Morgan fingerprint density at radius 3 is 2.63 bits per heavy atom. The number of carbonyl (C=O) groups is 1. The molecule has 0 radical (unpaired) electrons. The molecule has 0 bridgehead atoms. The topological polar surface area (TPSA) is 85.4 Å². The fraction of sp³-hybridized carbons (Fsp3) is 0. The average Bonchev–Trinajstić information content (AvgIpc) is 2.75. The number of nitro groups is 1. The zero-order valence-corrected chi connectivity index (χ0v) is 11.6. The van der Waals surface area contributed by atoms with Gasteiger partial charge in [-0.2, -0.15) is 0 Å². The van der Waals surface area contributed by atoms with E-state index in [1.54, 1.807) is 6.07 Å². The average molecular weight is 346 g/mol. The molecule has 8 heteroatoms. The summed E-state index contributed by atoms with van der Waals surface area (Å²) in [7, 11) is 0. The lowest BCUT2D eigenvalue weighted by Gasteiger charge is -2.03. The zero-order valence-electron chi connectivity index (χ0n) is 9.22. The Bertz CT molecular complexity index is 656. The van der Waals surface area contributed by atoms with E-state index in [1.807, 2.05) is 0 Å². The molecule has 0 aliphatic rings. The Morgan fingerprint density at radius 2 is 2.11 bits per heavy atom. The number of furan rings is 1. The molecular formula is C11H6BrClN2O4. The Morgan fingerprint density at radius 1 is 1.37 bits per heavy atom. The number of halogens is 2. The van der Waals surface area contributed by atoms with Gasteiger partial charge in [-0.3, -0.25) is 14.9 Å². The molecule has 1 amide bonds. The highest BCUT2D eigenvalue weighted by molar-refractivity contribution is 9.10. The number of nitrogens with zero attached hydrogens (tertiary/aromatic N) is 1. The molecule has 0 unspecified atom stereocenters. The van der Waals surface area contributed by atoms with Gasteiger partial charge in [-0.05, 0) is 40.2 Å². The van der Waals surface area contributed by atoms with Gasteiger partial charge in [-0.15, -0.1) is 0 Å². The van der Waals surface area contributed by atoms with E-state index in [2.05, 4.69) is 21.2 Å². The van der Waals surface area contributed by atoms with E-state index >= 15 is 0 Å². The van der Waals surface area contributed by atoms with E-state index < -0.39 is 10.8 Å². The van der Waals surface area contributed by atoms with Gasteiger partial charge in [0.1, 0.15) is 5.02 Å². The Kier molecular flexibility index (Phi) is 3.87. The highest BCUT2D eigenvalue weighted by Gasteiger charge is 2.15. The predicted molar refractivity (Wildman–Crippen MR) is 72.5 cm³/mol. The summed E-state index contributed by atoms with van der Waals surface area (Å²) < 4.78 is 5.50. The standard InChI is InChI=1S/C11H6BrClN2O4/c12-10-4-3-9(19-10)11(16)14-6-1-2-8(15(17)18)7(13)5-6/h1-5H,(H,14,16). The van der Waals surface area contributed by atoms with E-state index in [4.69, 9.17) is 16.0 Å². The van der Waals surface area contributed by atoms with Gasteiger partial charge in [0.2, 0.25) is 0 Å². The number of nitro benzene ring substituents is 1. The first-order valence-electron chi connectivity index (χ1n) is 4.98. The lowest BCUT2D eigenvalue weighted by Crippen LogP contribution is -2.10. The molecule has 6 nitrogen and oxygen atoms in total. The third kappa shape index (κ3) is 3.12.